The number of rotatable bonds is 1. The van der Waals surface area contributed by atoms with Crippen LogP contribution in [-0.4, -0.2) is 40.3 Å². The number of hydrogen-bond donors (Lipinski definition) is 3. The first kappa shape index (κ1) is 13.0. The van der Waals surface area contributed by atoms with Crippen molar-refractivity contribution in [1.82, 2.24) is 0 Å². The summed E-state index contributed by atoms with van der Waals surface area (Å²) in [5.41, 5.74) is 4.89. The molecular formula is C11H9NO7. The molecule has 1 heterocycles. The minimum absolute atomic E-state index is 0.192. The highest BCUT2D eigenvalue weighted by Gasteiger charge is 2.37. The maximum absolute atomic E-state index is 11.5. The molecule has 0 aromatic heterocycles. The van der Waals surface area contributed by atoms with Crippen molar-refractivity contribution in [2.45, 2.75) is 12.2 Å². The van der Waals surface area contributed by atoms with E-state index in [1.54, 1.807) is 0 Å². The third-order valence-corrected chi connectivity index (χ3v) is 2.44. The van der Waals surface area contributed by atoms with Gasteiger partial charge in [0.15, 0.2) is 23.7 Å². The monoisotopic (exact) mass is 267 g/mol. The van der Waals surface area contributed by atoms with Crippen LogP contribution in [0.25, 0.3) is 0 Å². The van der Waals surface area contributed by atoms with Crippen LogP contribution in [0.3, 0.4) is 0 Å². The number of esters is 2. The molecule has 1 aliphatic heterocycles. The van der Waals surface area contributed by atoms with Crippen LogP contribution in [0, 0.1) is 0 Å². The summed E-state index contributed by atoms with van der Waals surface area (Å²) in [4.78, 5) is 34.1. The second kappa shape index (κ2) is 4.67. The maximum Gasteiger partial charge on any atom is 0.343 e. The minimum Gasteiger partial charge on any atom is -0.420 e. The number of para-hydroxylation sites is 1. The summed E-state index contributed by atoms with van der Waals surface area (Å²) in [7, 11) is 0. The lowest BCUT2D eigenvalue weighted by Gasteiger charge is -2.21. The second-order valence-electron chi connectivity index (χ2n) is 3.73. The molecule has 0 saturated carbocycles. The quantitative estimate of drug-likeness (QED) is 0.408. The zero-order valence-electron chi connectivity index (χ0n) is 9.40. The van der Waals surface area contributed by atoms with Gasteiger partial charge in [0.05, 0.1) is 5.56 Å². The Morgan fingerprint density at radius 1 is 1.11 bits per heavy atom. The lowest BCUT2D eigenvalue weighted by atomic mass is 10.1. The fourth-order valence-corrected chi connectivity index (χ4v) is 1.48. The first-order valence-corrected chi connectivity index (χ1v) is 5.14. The minimum atomic E-state index is -2.11. The summed E-state index contributed by atoms with van der Waals surface area (Å²) in [5, 5.41) is 18.6. The van der Waals surface area contributed by atoms with Crippen LogP contribution >= 0.6 is 0 Å². The van der Waals surface area contributed by atoms with Crippen molar-refractivity contribution in [1.29, 1.82) is 0 Å². The van der Waals surface area contributed by atoms with Crippen molar-refractivity contribution < 1.29 is 34.1 Å². The van der Waals surface area contributed by atoms with Gasteiger partial charge < -0.3 is 25.4 Å². The molecule has 1 aliphatic rings. The smallest absolute Gasteiger partial charge is 0.343 e. The number of ether oxygens (including phenoxy) is 2. The summed E-state index contributed by atoms with van der Waals surface area (Å²) >= 11 is 0. The molecular weight excluding hydrogens is 258 g/mol. The van der Waals surface area contributed by atoms with Crippen LogP contribution < -0.4 is 15.2 Å². The van der Waals surface area contributed by atoms with E-state index in [-0.39, 0.29) is 17.1 Å². The number of aliphatic hydroxyl groups is 2. The SMILES string of the molecule is NC(=O)c1cccc2c1OC(=O)C(O)C(O)C(=O)O2. The number of amides is 1. The Balaban J connectivity index is 2.56. The van der Waals surface area contributed by atoms with Crippen LogP contribution in [0.4, 0.5) is 0 Å². The zero-order chi connectivity index (χ0) is 14.2. The van der Waals surface area contributed by atoms with E-state index in [9.17, 15) is 24.6 Å². The van der Waals surface area contributed by atoms with E-state index in [0.717, 1.165) is 0 Å². The largest absolute Gasteiger partial charge is 0.420 e. The molecule has 2 unspecified atom stereocenters. The van der Waals surface area contributed by atoms with Crippen molar-refractivity contribution in [3.8, 4) is 11.5 Å². The fourth-order valence-electron chi connectivity index (χ4n) is 1.48. The molecule has 100 valence electrons. The fraction of sp³-hybridized carbons (Fsp3) is 0.182. The van der Waals surface area contributed by atoms with Gasteiger partial charge in [-0.25, -0.2) is 9.59 Å². The number of carbonyl (C=O) groups excluding carboxylic acids is 3. The van der Waals surface area contributed by atoms with Gasteiger partial charge >= 0.3 is 11.9 Å². The number of hydrogen-bond acceptors (Lipinski definition) is 7. The zero-order valence-corrected chi connectivity index (χ0v) is 9.40. The Labute approximate surface area is 106 Å². The molecule has 8 heteroatoms. The molecule has 8 nitrogen and oxygen atoms in total. The Morgan fingerprint density at radius 2 is 1.68 bits per heavy atom. The van der Waals surface area contributed by atoms with Gasteiger partial charge in [-0.05, 0) is 12.1 Å². The average Bonchev–Trinajstić information content (AvgIpc) is 2.37. The van der Waals surface area contributed by atoms with Crippen molar-refractivity contribution in [2.24, 2.45) is 5.73 Å². The number of primary amides is 1. The maximum atomic E-state index is 11.5. The van der Waals surface area contributed by atoms with Crippen molar-refractivity contribution in [3.63, 3.8) is 0 Å². The van der Waals surface area contributed by atoms with Crippen LogP contribution in [0.15, 0.2) is 18.2 Å². The summed E-state index contributed by atoms with van der Waals surface area (Å²) in [6.07, 6.45) is -4.18. The van der Waals surface area contributed by atoms with Crippen molar-refractivity contribution >= 4 is 17.8 Å². The van der Waals surface area contributed by atoms with Gasteiger partial charge in [-0.2, -0.15) is 0 Å². The Bertz CT molecular complexity index is 568. The van der Waals surface area contributed by atoms with Crippen LogP contribution in [-0.2, 0) is 9.59 Å². The predicted octanol–water partition coefficient (Wildman–Crippen LogP) is -1.67. The van der Waals surface area contributed by atoms with Crippen LogP contribution in [0.1, 0.15) is 10.4 Å². The molecule has 0 bridgehead atoms. The Hall–Kier alpha value is -2.45. The number of carbonyl (C=O) groups is 3. The third kappa shape index (κ3) is 2.26. The molecule has 0 radical (unpaired) electrons. The lowest BCUT2D eigenvalue weighted by molar-refractivity contribution is -0.164. The molecule has 4 N–H and O–H groups in total. The molecule has 1 amide bonds. The summed E-state index contributed by atoms with van der Waals surface area (Å²) in [5.74, 6) is -4.07. The van der Waals surface area contributed by atoms with E-state index in [0.29, 0.717) is 0 Å². The lowest BCUT2D eigenvalue weighted by Crippen LogP contribution is -2.45. The normalized spacial score (nSPS) is 22.6. The van der Waals surface area contributed by atoms with E-state index < -0.39 is 30.1 Å². The third-order valence-electron chi connectivity index (χ3n) is 2.44. The van der Waals surface area contributed by atoms with Gasteiger partial charge in [-0.3, -0.25) is 4.79 Å². The molecule has 0 spiro atoms. The van der Waals surface area contributed by atoms with Gasteiger partial charge in [0.1, 0.15) is 0 Å². The molecule has 1 aromatic carbocycles. The number of fused-ring (bicyclic) bond motifs is 1. The number of nitrogens with two attached hydrogens (primary N) is 1. The van der Waals surface area contributed by atoms with E-state index in [1.807, 2.05) is 0 Å². The summed E-state index contributed by atoms with van der Waals surface area (Å²) in [6, 6.07) is 3.86. The molecule has 2 rings (SSSR count). The second-order valence-corrected chi connectivity index (χ2v) is 3.73. The van der Waals surface area contributed by atoms with E-state index in [4.69, 9.17) is 15.2 Å². The Morgan fingerprint density at radius 3 is 2.26 bits per heavy atom. The molecule has 2 atom stereocenters. The number of benzene rings is 1. The average molecular weight is 267 g/mol. The highest BCUT2D eigenvalue weighted by atomic mass is 16.6. The molecule has 0 fully saturated rings. The Kier molecular flexibility index (Phi) is 3.19. The predicted molar refractivity (Wildman–Crippen MR) is 58.2 cm³/mol. The van der Waals surface area contributed by atoms with Crippen molar-refractivity contribution in [3.05, 3.63) is 23.8 Å². The summed E-state index contributed by atoms with van der Waals surface area (Å²) in [6.45, 7) is 0. The van der Waals surface area contributed by atoms with Gasteiger partial charge in [0.25, 0.3) is 5.91 Å². The highest BCUT2D eigenvalue weighted by Crippen LogP contribution is 2.33. The summed E-state index contributed by atoms with van der Waals surface area (Å²) < 4.78 is 9.46. The van der Waals surface area contributed by atoms with E-state index in [1.165, 1.54) is 18.2 Å². The number of aliphatic hydroxyl groups excluding tert-OH is 2. The topological polar surface area (TPSA) is 136 Å². The molecule has 0 aliphatic carbocycles. The first-order chi connectivity index (χ1) is 8.91. The first-order valence-electron chi connectivity index (χ1n) is 5.14. The van der Waals surface area contributed by atoms with Gasteiger partial charge in [0, 0.05) is 0 Å². The molecule has 0 saturated heterocycles. The van der Waals surface area contributed by atoms with Gasteiger partial charge in [-0.1, -0.05) is 6.07 Å². The van der Waals surface area contributed by atoms with Crippen molar-refractivity contribution in [2.75, 3.05) is 0 Å². The van der Waals surface area contributed by atoms with Gasteiger partial charge in [-0.15, -0.1) is 0 Å². The van der Waals surface area contributed by atoms with E-state index >= 15 is 0 Å². The highest BCUT2D eigenvalue weighted by molar-refractivity contribution is 5.99. The standard InChI is InChI=1S/C11H9NO7/c12-9(15)4-2-1-3-5-8(4)19-11(17)7(14)6(13)10(16)18-5/h1-3,6-7,13-14H,(H2,12,15). The molecule has 1 aromatic rings. The van der Waals surface area contributed by atoms with Crippen LogP contribution in [0.2, 0.25) is 0 Å². The van der Waals surface area contributed by atoms with Crippen LogP contribution in [0.5, 0.6) is 11.5 Å². The van der Waals surface area contributed by atoms with Gasteiger partial charge in [0.2, 0.25) is 0 Å². The molecule has 19 heavy (non-hydrogen) atoms. The van der Waals surface area contributed by atoms with E-state index in [2.05, 4.69) is 0 Å².